The molecule has 2 unspecified atom stereocenters. The number of hydrogen-bond acceptors (Lipinski definition) is 4. The molecule has 102 valence electrons. The van der Waals surface area contributed by atoms with Gasteiger partial charge in [-0.1, -0.05) is 12.1 Å². The summed E-state index contributed by atoms with van der Waals surface area (Å²) < 4.78 is 31.4. The van der Waals surface area contributed by atoms with Crippen molar-refractivity contribution in [1.82, 2.24) is 4.72 Å². The summed E-state index contributed by atoms with van der Waals surface area (Å²) in [5.41, 5.74) is 6.61. The lowest BCUT2D eigenvalue weighted by atomic mass is 10.1. The Hall–Kier alpha value is -0.950. The van der Waals surface area contributed by atoms with Crippen LogP contribution in [0.1, 0.15) is 25.5 Å². The van der Waals surface area contributed by atoms with E-state index in [1.807, 2.05) is 6.92 Å². The highest BCUT2D eigenvalue weighted by Crippen LogP contribution is 2.14. The van der Waals surface area contributed by atoms with E-state index in [0.29, 0.717) is 6.61 Å². The maximum atomic E-state index is 12.0. The molecule has 0 bridgehead atoms. The predicted octanol–water partition coefficient (Wildman–Crippen LogP) is 1.02. The molecule has 0 saturated carbocycles. The molecule has 18 heavy (non-hydrogen) atoms. The highest BCUT2D eigenvalue weighted by Gasteiger charge is 2.17. The van der Waals surface area contributed by atoms with Crippen LogP contribution in [0.5, 0.6) is 0 Å². The van der Waals surface area contributed by atoms with Gasteiger partial charge >= 0.3 is 0 Å². The summed E-state index contributed by atoms with van der Waals surface area (Å²) in [7, 11) is -1.96. The minimum atomic E-state index is -3.49. The lowest BCUT2D eigenvalue weighted by Crippen LogP contribution is -2.35. The molecular formula is C12H20N2O3S. The lowest BCUT2D eigenvalue weighted by Gasteiger charge is -2.13. The number of rotatable bonds is 6. The SMILES string of the molecule is COCC(C)NS(=O)(=O)c1ccc(C(C)N)cc1. The van der Waals surface area contributed by atoms with Crippen LogP contribution in [-0.2, 0) is 14.8 Å². The van der Waals surface area contributed by atoms with Gasteiger partial charge in [-0.3, -0.25) is 0 Å². The van der Waals surface area contributed by atoms with E-state index in [2.05, 4.69) is 4.72 Å². The van der Waals surface area contributed by atoms with Crippen LogP contribution in [0.15, 0.2) is 29.2 Å². The number of methoxy groups -OCH3 is 1. The molecule has 0 aliphatic heterocycles. The van der Waals surface area contributed by atoms with Gasteiger partial charge in [0.1, 0.15) is 0 Å². The van der Waals surface area contributed by atoms with Gasteiger partial charge in [0, 0.05) is 19.2 Å². The third kappa shape index (κ3) is 4.06. The summed E-state index contributed by atoms with van der Waals surface area (Å²) in [6.45, 7) is 3.93. The quantitative estimate of drug-likeness (QED) is 0.810. The summed E-state index contributed by atoms with van der Waals surface area (Å²) in [6, 6.07) is 6.18. The monoisotopic (exact) mass is 272 g/mol. The van der Waals surface area contributed by atoms with Gasteiger partial charge in [0.2, 0.25) is 10.0 Å². The predicted molar refractivity (Wildman–Crippen MR) is 70.7 cm³/mol. The van der Waals surface area contributed by atoms with Gasteiger partial charge < -0.3 is 10.5 Å². The third-order valence-corrected chi connectivity index (χ3v) is 4.09. The van der Waals surface area contributed by atoms with Gasteiger partial charge in [0.25, 0.3) is 0 Å². The van der Waals surface area contributed by atoms with Crippen LogP contribution in [0.25, 0.3) is 0 Å². The van der Waals surface area contributed by atoms with E-state index in [-0.39, 0.29) is 17.0 Å². The Morgan fingerprint density at radius 3 is 2.28 bits per heavy atom. The molecule has 1 rings (SSSR count). The molecule has 0 spiro atoms. The maximum Gasteiger partial charge on any atom is 0.240 e. The lowest BCUT2D eigenvalue weighted by molar-refractivity contribution is 0.180. The van der Waals surface area contributed by atoms with Crippen LogP contribution in [0.4, 0.5) is 0 Å². The van der Waals surface area contributed by atoms with Crippen LogP contribution in [0.3, 0.4) is 0 Å². The highest BCUT2D eigenvalue weighted by molar-refractivity contribution is 7.89. The van der Waals surface area contributed by atoms with Crippen molar-refractivity contribution in [2.75, 3.05) is 13.7 Å². The largest absolute Gasteiger partial charge is 0.383 e. The van der Waals surface area contributed by atoms with E-state index in [9.17, 15) is 8.42 Å². The molecule has 5 nitrogen and oxygen atoms in total. The summed E-state index contributed by atoms with van der Waals surface area (Å²) >= 11 is 0. The average Bonchev–Trinajstić information content (AvgIpc) is 2.28. The minimum absolute atomic E-state index is 0.109. The van der Waals surface area contributed by atoms with Crippen molar-refractivity contribution in [3.63, 3.8) is 0 Å². The third-order valence-electron chi connectivity index (χ3n) is 2.49. The van der Waals surface area contributed by atoms with Gasteiger partial charge in [0.05, 0.1) is 11.5 Å². The van der Waals surface area contributed by atoms with Gasteiger partial charge in [-0.2, -0.15) is 0 Å². The zero-order chi connectivity index (χ0) is 13.8. The second-order valence-electron chi connectivity index (χ2n) is 4.34. The van der Waals surface area contributed by atoms with E-state index in [1.54, 1.807) is 31.2 Å². The first-order chi connectivity index (χ1) is 8.36. The Morgan fingerprint density at radius 1 is 1.28 bits per heavy atom. The fourth-order valence-corrected chi connectivity index (χ4v) is 2.80. The fraction of sp³-hybridized carbons (Fsp3) is 0.500. The van der Waals surface area contributed by atoms with Gasteiger partial charge in [-0.15, -0.1) is 0 Å². The Bertz CT molecular complexity index is 469. The zero-order valence-corrected chi connectivity index (χ0v) is 11.7. The van der Waals surface area contributed by atoms with E-state index >= 15 is 0 Å². The van der Waals surface area contributed by atoms with Crippen LogP contribution in [0.2, 0.25) is 0 Å². The van der Waals surface area contributed by atoms with Crippen LogP contribution < -0.4 is 10.5 Å². The van der Waals surface area contributed by atoms with Crippen molar-refractivity contribution in [2.45, 2.75) is 30.8 Å². The number of hydrogen-bond donors (Lipinski definition) is 2. The number of sulfonamides is 1. The van der Waals surface area contributed by atoms with Gasteiger partial charge in [0.15, 0.2) is 0 Å². The number of ether oxygens (including phenoxy) is 1. The molecule has 0 aliphatic carbocycles. The molecular weight excluding hydrogens is 252 g/mol. The Balaban J connectivity index is 2.85. The molecule has 0 radical (unpaired) electrons. The van der Waals surface area contributed by atoms with Gasteiger partial charge in [-0.25, -0.2) is 13.1 Å². The summed E-state index contributed by atoms with van der Waals surface area (Å²) in [4.78, 5) is 0.231. The second-order valence-corrected chi connectivity index (χ2v) is 6.05. The summed E-state index contributed by atoms with van der Waals surface area (Å²) in [6.07, 6.45) is 0. The summed E-state index contributed by atoms with van der Waals surface area (Å²) in [5, 5.41) is 0. The number of nitrogens with two attached hydrogens (primary N) is 1. The molecule has 1 aromatic carbocycles. The first kappa shape index (κ1) is 15.1. The van der Waals surface area contributed by atoms with E-state index in [1.165, 1.54) is 7.11 Å². The van der Waals surface area contributed by atoms with Crippen molar-refractivity contribution < 1.29 is 13.2 Å². The highest BCUT2D eigenvalue weighted by atomic mass is 32.2. The van der Waals surface area contributed by atoms with Crippen molar-refractivity contribution in [1.29, 1.82) is 0 Å². The Morgan fingerprint density at radius 2 is 1.83 bits per heavy atom. The maximum absolute atomic E-state index is 12.0. The standard InChI is InChI=1S/C12H20N2O3S/c1-9(8-17-3)14-18(15,16)12-6-4-11(5-7-12)10(2)13/h4-7,9-10,14H,8,13H2,1-3H3. The van der Waals surface area contributed by atoms with E-state index in [0.717, 1.165) is 5.56 Å². The average molecular weight is 272 g/mol. The first-order valence-electron chi connectivity index (χ1n) is 5.73. The molecule has 6 heteroatoms. The van der Waals surface area contributed by atoms with Crippen molar-refractivity contribution in [3.05, 3.63) is 29.8 Å². The summed E-state index contributed by atoms with van der Waals surface area (Å²) in [5.74, 6) is 0. The van der Waals surface area contributed by atoms with Crippen LogP contribution in [-0.4, -0.2) is 28.2 Å². The van der Waals surface area contributed by atoms with Crippen molar-refractivity contribution in [3.8, 4) is 0 Å². The fourth-order valence-electron chi connectivity index (χ4n) is 1.57. The molecule has 0 aliphatic rings. The topological polar surface area (TPSA) is 81.4 Å². The molecule has 0 heterocycles. The molecule has 0 amide bonds. The normalized spacial score (nSPS) is 15.3. The van der Waals surface area contributed by atoms with Gasteiger partial charge in [-0.05, 0) is 31.5 Å². The molecule has 0 saturated heterocycles. The number of nitrogens with one attached hydrogen (secondary N) is 1. The van der Waals surface area contributed by atoms with E-state index < -0.39 is 10.0 Å². The second kappa shape index (κ2) is 6.29. The Labute approximate surface area is 108 Å². The minimum Gasteiger partial charge on any atom is -0.383 e. The molecule has 0 aromatic heterocycles. The number of benzene rings is 1. The van der Waals surface area contributed by atoms with Crippen molar-refractivity contribution >= 4 is 10.0 Å². The van der Waals surface area contributed by atoms with E-state index in [4.69, 9.17) is 10.5 Å². The molecule has 0 fully saturated rings. The first-order valence-corrected chi connectivity index (χ1v) is 7.22. The van der Waals surface area contributed by atoms with Crippen LogP contribution in [0, 0.1) is 0 Å². The zero-order valence-electron chi connectivity index (χ0n) is 10.9. The van der Waals surface area contributed by atoms with Crippen LogP contribution >= 0.6 is 0 Å². The van der Waals surface area contributed by atoms with Crippen molar-refractivity contribution in [2.24, 2.45) is 5.73 Å². The Kier molecular flexibility index (Phi) is 5.28. The molecule has 3 N–H and O–H groups in total. The molecule has 2 atom stereocenters. The smallest absolute Gasteiger partial charge is 0.240 e. The molecule has 1 aromatic rings.